The Balaban J connectivity index is 2.26. The summed E-state index contributed by atoms with van der Waals surface area (Å²) in [6, 6.07) is 0.187. The van der Waals surface area contributed by atoms with Crippen LogP contribution in [-0.2, 0) is 9.59 Å². The summed E-state index contributed by atoms with van der Waals surface area (Å²) in [6.45, 7) is 9.85. The molecule has 1 saturated heterocycles. The summed E-state index contributed by atoms with van der Waals surface area (Å²) in [7, 11) is 0. The molecule has 122 valence electrons. The van der Waals surface area contributed by atoms with Crippen molar-refractivity contribution < 1.29 is 14.7 Å². The SMILES string of the molecule is CC(C)CCCC(C)NC(=O)CN1CC(C)C(C(=O)O)C1. The summed E-state index contributed by atoms with van der Waals surface area (Å²) in [5.74, 6) is -0.287. The third-order valence-electron chi connectivity index (χ3n) is 4.20. The number of carbonyl (C=O) groups is 2. The first-order chi connectivity index (χ1) is 9.79. The molecule has 21 heavy (non-hydrogen) atoms. The van der Waals surface area contributed by atoms with Crippen LogP contribution in [0, 0.1) is 17.8 Å². The molecule has 0 bridgehead atoms. The number of likely N-dealkylation sites (tertiary alicyclic amines) is 1. The van der Waals surface area contributed by atoms with E-state index in [2.05, 4.69) is 19.2 Å². The fourth-order valence-electron chi connectivity index (χ4n) is 2.95. The lowest BCUT2D eigenvalue weighted by molar-refractivity contribution is -0.142. The van der Waals surface area contributed by atoms with E-state index in [0.29, 0.717) is 25.6 Å². The number of carboxylic acids is 1. The topological polar surface area (TPSA) is 69.6 Å². The molecule has 5 nitrogen and oxygen atoms in total. The van der Waals surface area contributed by atoms with Gasteiger partial charge in [-0.05, 0) is 25.2 Å². The van der Waals surface area contributed by atoms with Gasteiger partial charge in [0.2, 0.25) is 5.91 Å². The molecule has 0 aliphatic carbocycles. The molecule has 3 atom stereocenters. The van der Waals surface area contributed by atoms with Crippen LogP contribution in [0.5, 0.6) is 0 Å². The van der Waals surface area contributed by atoms with Crippen LogP contribution in [-0.4, -0.2) is 47.6 Å². The van der Waals surface area contributed by atoms with E-state index in [1.165, 1.54) is 6.42 Å². The second kappa shape index (κ2) is 8.37. The first-order valence-corrected chi connectivity index (χ1v) is 8.04. The Labute approximate surface area is 128 Å². The molecule has 1 fully saturated rings. The van der Waals surface area contributed by atoms with Crippen molar-refractivity contribution in [3.8, 4) is 0 Å². The summed E-state index contributed by atoms with van der Waals surface area (Å²) < 4.78 is 0. The van der Waals surface area contributed by atoms with Crippen LogP contribution >= 0.6 is 0 Å². The number of nitrogens with zero attached hydrogens (tertiary/aromatic N) is 1. The standard InChI is InChI=1S/C16H30N2O3/c1-11(2)6-5-7-13(4)17-15(19)10-18-8-12(3)14(9-18)16(20)21/h11-14H,5-10H2,1-4H3,(H,17,19)(H,20,21). The van der Waals surface area contributed by atoms with Gasteiger partial charge in [0.1, 0.15) is 0 Å². The van der Waals surface area contributed by atoms with Gasteiger partial charge in [-0.1, -0.05) is 33.6 Å². The molecule has 0 spiro atoms. The largest absolute Gasteiger partial charge is 0.481 e. The second-order valence-electron chi connectivity index (χ2n) is 6.91. The van der Waals surface area contributed by atoms with Crippen molar-refractivity contribution in [1.29, 1.82) is 0 Å². The summed E-state index contributed by atoms with van der Waals surface area (Å²) in [6.07, 6.45) is 3.31. The van der Waals surface area contributed by atoms with E-state index in [9.17, 15) is 9.59 Å². The highest BCUT2D eigenvalue weighted by atomic mass is 16.4. The first-order valence-electron chi connectivity index (χ1n) is 8.04. The number of aliphatic carboxylic acids is 1. The number of hydrogen-bond donors (Lipinski definition) is 2. The summed E-state index contributed by atoms with van der Waals surface area (Å²) in [4.78, 5) is 25.0. The highest BCUT2D eigenvalue weighted by Gasteiger charge is 2.35. The Bertz CT molecular complexity index is 357. The molecule has 3 unspecified atom stereocenters. The molecule has 1 aliphatic heterocycles. The minimum Gasteiger partial charge on any atom is -0.481 e. The van der Waals surface area contributed by atoms with E-state index in [1.54, 1.807) is 0 Å². The molecule has 0 aromatic heterocycles. The van der Waals surface area contributed by atoms with Gasteiger partial charge < -0.3 is 10.4 Å². The van der Waals surface area contributed by atoms with Crippen molar-refractivity contribution in [2.45, 2.75) is 53.0 Å². The number of carboxylic acid groups (broad SMARTS) is 1. The zero-order valence-corrected chi connectivity index (χ0v) is 13.8. The van der Waals surface area contributed by atoms with Crippen LogP contribution in [0.4, 0.5) is 0 Å². The smallest absolute Gasteiger partial charge is 0.308 e. The number of nitrogens with one attached hydrogen (secondary N) is 1. The zero-order chi connectivity index (χ0) is 16.0. The first kappa shape index (κ1) is 18.0. The molecule has 1 heterocycles. The Morgan fingerprint density at radius 1 is 1.24 bits per heavy atom. The van der Waals surface area contributed by atoms with E-state index in [0.717, 1.165) is 12.8 Å². The van der Waals surface area contributed by atoms with Gasteiger partial charge in [-0.25, -0.2) is 0 Å². The molecule has 0 saturated carbocycles. The number of amides is 1. The normalized spacial score (nSPS) is 24.2. The van der Waals surface area contributed by atoms with E-state index >= 15 is 0 Å². The fraction of sp³-hybridized carbons (Fsp3) is 0.875. The van der Waals surface area contributed by atoms with Gasteiger partial charge in [-0.2, -0.15) is 0 Å². The maximum atomic E-state index is 12.0. The molecule has 5 heteroatoms. The number of carbonyl (C=O) groups excluding carboxylic acids is 1. The van der Waals surface area contributed by atoms with Gasteiger partial charge in [0.15, 0.2) is 0 Å². The van der Waals surface area contributed by atoms with Crippen LogP contribution in [0.3, 0.4) is 0 Å². The average molecular weight is 298 g/mol. The van der Waals surface area contributed by atoms with Gasteiger partial charge in [-0.15, -0.1) is 0 Å². The maximum Gasteiger partial charge on any atom is 0.308 e. The molecule has 1 aliphatic rings. The number of rotatable bonds is 8. The quantitative estimate of drug-likeness (QED) is 0.719. The zero-order valence-electron chi connectivity index (χ0n) is 13.8. The van der Waals surface area contributed by atoms with Crippen molar-refractivity contribution >= 4 is 11.9 Å². The van der Waals surface area contributed by atoms with E-state index < -0.39 is 5.97 Å². The van der Waals surface area contributed by atoms with Crippen LogP contribution in [0.2, 0.25) is 0 Å². The molecule has 0 aromatic carbocycles. The Morgan fingerprint density at radius 2 is 1.90 bits per heavy atom. The van der Waals surface area contributed by atoms with E-state index in [4.69, 9.17) is 5.11 Å². The van der Waals surface area contributed by atoms with Crippen LogP contribution in [0.15, 0.2) is 0 Å². The molecule has 0 radical (unpaired) electrons. The molecule has 1 rings (SSSR count). The minimum absolute atomic E-state index is 0.00489. The lowest BCUT2D eigenvalue weighted by atomic mass is 9.99. The number of hydrogen-bond acceptors (Lipinski definition) is 3. The van der Waals surface area contributed by atoms with Gasteiger partial charge in [0, 0.05) is 19.1 Å². The third kappa shape index (κ3) is 6.46. The fourth-order valence-corrected chi connectivity index (χ4v) is 2.95. The second-order valence-corrected chi connectivity index (χ2v) is 6.91. The predicted molar refractivity (Wildman–Crippen MR) is 83.0 cm³/mol. The van der Waals surface area contributed by atoms with Crippen LogP contribution in [0.1, 0.15) is 47.0 Å². The van der Waals surface area contributed by atoms with E-state index in [1.807, 2.05) is 18.7 Å². The summed E-state index contributed by atoms with van der Waals surface area (Å²) in [5.41, 5.74) is 0. The highest BCUT2D eigenvalue weighted by molar-refractivity contribution is 5.78. The van der Waals surface area contributed by atoms with Crippen molar-refractivity contribution in [3.05, 3.63) is 0 Å². The monoisotopic (exact) mass is 298 g/mol. The van der Waals surface area contributed by atoms with Crippen molar-refractivity contribution in [3.63, 3.8) is 0 Å². The lowest BCUT2D eigenvalue weighted by Crippen LogP contribution is -2.40. The maximum absolute atomic E-state index is 12.0. The van der Waals surface area contributed by atoms with Crippen molar-refractivity contribution in [2.24, 2.45) is 17.8 Å². The summed E-state index contributed by atoms with van der Waals surface area (Å²) in [5, 5.41) is 12.1. The van der Waals surface area contributed by atoms with E-state index in [-0.39, 0.29) is 23.8 Å². The molecular weight excluding hydrogens is 268 g/mol. The van der Waals surface area contributed by atoms with Crippen LogP contribution < -0.4 is 5.32 Å². The van der Waals surface area contributed by atoms with Crippen LogP contribution in [0.25, 0.3) is 0 Å². The minimum atomic E-state index is -0.757. The average Bonchev–Trinajstić information content (AvgIpc) is 2.69. The Morgan fingerprint density at radius 3 is 2.43 bits per heavy atom. The summed E-state index contributed by atoms with van der Waals surface area (Å²) >= 11 is 0. The Hall–Kier alpha value is -1.10. The van der Waals surface area contributed by atoms with Gasteiger partial charge in [-0.3, -0.25) is 14.5 Å². The van der Waals surface area contributed by atoms with Gasteiger partial charge in [0.25, 0.3) is 0 Å². The lowest BCUT2D eigenvalue weighted by Gasteiger charge is -2.18. The van der Waals surface area contributed by atoms with Gasteiger partial charge in [0.05, 0.1) is 12.5 Å². The van der Waals surface area contributed by atoms with Crippen molar-refractivity contribution in [1.82, 2.24) is 10.2 Å². The molecule has 0 aromatic rings. The van der Waals surface area contributed by atoms with Gasteiger partial charge >= 0.3 is 5.97 Å². The molecule has 1 amide bonds. The molecule has 2 N–H and O–H groups in total. The third-order valence-corrected chi connectivity index (χ3v) is 4.20. The molecular formula is C16H30N2O3. The van der Waals surface area contributed by atoms with Crippen molar-refractivity contribution in [2.75, 3.05) is 19.6 Å². The Kier molecular flexibility index (Phi) is 7.15. The highest BCUT2D eigenvalue weighted by Crippen LogP contribution is 2.22. The predicted octanol–water partition coefficient (Wildman–Crippen LogP) is 1.97.